The SMILES string of the molecule is CC(CNC(=O)c1ccc(F)cc1Br)N1CCCC1. The smallest absolute Gasteiger partial charge is 0.252 e. The monoisotopic (exact) mass is 328 g/mol. The van der Waals surface area contributed by atoms with Crippen molar-refractivity contribution in [2.45, 2.75) is 25.8 Å². The van der Waals surface area contributed by atoms with E-state index < -0.39 is 0 Å². The summed E-state index contributed by atoms with van der Waals surface area (Å²) in [5.74, 6) is -0.521. The Morgan fingerprint density at radius 2 is 2.16 bits per heavy atom. The number of hydrogen-bond donors (Lipinski definition) is 1. The lowest BCUT2D eigenvalue weighted by atomic mass is 10.2. The molecule has 1 fully saturated rings. The van der Waals surface area contributed by atoms with Crippen LogP contribution in [0.2, 0.25) is 0 Å². The van der Waals surface area contributed by atoms with Crippen LogP contribution < -0.4 is 5.32 Å². The minimum atomic E-state index is -0.353. The Bertz CT molecular complexity index is 461. The number of likely N-dealkylation sites (tertiary alicyclic amines) is 1. The van der Waals surface area contributed by atoms with E-state index in [-0.39, 0.29) is 11.7 Å². The molecule has 0 saturated carbocycles. The molecule has 0 spiro atoms. The van der Waals surface area contributed by atoms with Gasteiger partial charge >= 0.3 is 0 Å². The van der Waals surface area contributed by atoms with E-state index in [0.29, 0.717) is 22.6 Å². The van der Waals surface area contributed by atoms with Crippen molar-refractivity contribution in [2.75, 3.05) is 19.6 Å². The summed E-state index contributed by atoms with van der Waals surface area (Å²) in [6, 6.07) is 4.43. The van der Waals surface area contributed by atoms with Gasteiger partial charge in [0.25, 0.3) is 5.91 Å². The summed E-state index contributed by atoms with van der Waals surface area (Å²) in [7, 11) is 0. The summed E-state index contributed by atoms with van der Waals surface area (Å²) in [6.45, 7) is 4.95. The zero-order valence-corrected chi connectivity index (χ0v) is 12.5. The molecular formula is C14H18BrFN2O. The molecule has 1 atom stereocenters. The number of nitrogens with zero attached hydrogens (tertiary/aromatic N) is 1. The molecule has 104 valence electrons. The Morgan fingerprint density at radius 3 is 2.79 bits per heavy atom. The van der Waals surface area contributed by atoms with E-state index in [1.165, 1.54) is 31.0 Å². The van der Waals surface area contributed by atoms with Gasteiger partial charge in [0.2, 0.25) is 0 Å². The molecule has 1 saturated heterocycles. The maximum Gasteiger partial charge on any atom is 0.252 e. The van der Waals surface area contributed by atoms with Crippen LogP contribution in [0.5, 0.6) is 0 Å². The minimum absolute atomic E-state index is 0.169. The predicted molar refractivity (Wildman–Crippen MR) is 76.7 cm³/mol. The molecule has 1 aromatic carbocycles. The molecule has 1 heterocycles. The molecule has 5 heteroatoms. The van der Waals surface area contributed by atoms with E-state index >= 15 is 0 Å². The summed E-state index contributed by atoms with van der Waals surface area (Å²) in [6.07, 6.45) is 2.48. The normalized spacial score (nSPS) is 17.4. The molecule has 1 unspecified atom stereocenters. The Kier molecular flexibility index (Phi) is 4.93. The van der Waals surface area contributed by atoms with Crippen molar-refractivity contribution in [3.05, 3.63) is 34.1 Å². The minimum Gasteiger partial charge on any atom is -0.350 e. The van der Waals surface area contributed by atoms with Gasteiger partial charge in [-0.25, -0.2) is 4.39 Å². The second kappa shape index (κ2) is 6.48. The van der Waals surface area contributed by atoms with Crippen LogP contribution in [0.15, 0.2) is 22.7 Å². The quantitative estimate of drug-likeness (QED) is 0.921. The van der Waals surface area contributed by atoms with Crippen molar-refractivity contribution in [1.29, 1.82) is 0 Å². The molecule has 1 amide bonds. The fraction of sp³-hybridized carbons (Fsp3) is 0.500. The van der Waals surface area contributed by atoms with Crippen LogP contribution in [0.4, 0.5) is 4.39 Å². The van der Waals surface area contributed by atoms with Gasteiger partial charge < -0.3 is 5.32 Å². The predicted octanol–water partition coefficient (Wildman–Crippen LogP) is 2.80. The lowest BCUT2D eigenvalue weighted by molar-refractivity contribution is 0.0939. The van der Waals surface area contributed by atoms with Crippen molar-refractivity contribution >= 4 is 21.8 Å². The number of carbonyl (C=O) groups excluding carboxylic acids is 1. The first-order valence-corrected chi connectivity index (χ1v) is 7.34. The average molecular weight is 329 g/mol. The van der Waals surface area contributed by atoms with Gasteiger partial charge in [0.1, 0.15) is 5.82 Å². The third kappa shape index (κ3) is 3.76. The number of rotatable bonds is 4. The number of amides is 1. The second-order valence-electron chi connectivity index (χ2n) is 4.93. The lowest BCUT2D eigenvalue weighted by Crippen LogP contribution is -2.40. The first kappa shape index (κ1) is 14.5. The Morgan fingerprint density at radius 1 is 1.47 bits per heavy atom. The number of hydrogen-bond acceptors (Lipinski definition) is 2. The molecule has 0 radical (unpaired) electrons. The highest BCUT2D eigenvalue weighted by Gasteiger charge is 2.19. The second-order valence-corrected chi connectivity index (χ2v) is 5.78. The van der Waals surface area contributed by atoms with Crippen LogP contribution in [-0.2, 0) is 0 Å². The Labute approximate surface area is 121 Å². The highest BCUT2D eigenvalue weighted by atomic mass is 79.9. The fourth-order valence-corrected chi connectivity index (χ4v) is 2.85. The third-order valence-electron chi connectivity index (χ3n) is 3.50. The van der Waals surface area contributed by atoms with Crippen molar-refractivity contribution in [3.63, 3.8) is 0 Å². The van der Waals surface area contributed by atoms with Crippen molar-refractivity contribution in [3.8, 4) is 0 Å². The zero-order chi connectivity index (χ0) is 13.8. The highest BCUT2D eigenvalue weighted by Crippen LogP contribution is 2.18. The molecule has 1 aliphatic rings. The first-order chi connectivity index (χ1) is 9.08. The standard InChI is InChI=1S/C14H18BrFN2O/c1-10(18-6-2-3-7-18)9-17-14(19)12-5-4-11(16)8-13(12)15/h4-5,8,10H,2-3,6-7,9H2,1H3,(H,17,19). The van der Waals surface area contributed by atoms with E-state index in [2.05, 4.69) is 33.1 Å². The molecule has 2 rings (SSSR count). The van der Waals surface area contributed by atoms with Gasteiger partial charge in [-0.15, -0.1) is 0 Å². The fourth-order valence-electron chi connectivity index (χ4n) is 2.32. The molecule has 0 bridgehead atoms. The van der Waals surface area contributed by atoms with Crippen LogP contribution in [0, 0.1) is 5.82 Å². The van der Waals surface area contributed by atoms with E-state index in [0.717, 1.165) is 13.1 Å². The molecular weight excluding hydrogens is 311 g/mol. The summed E-state index contributed by atoms with van der Waals surface area (Å²) in [4.78, 5) is 14.4. The van der Waals surface area contributed by atoms with Crippen molar-refractivity contribution in [1.82, 2.24) is 10.2 Å². The molecule has 1 aromatic rings. The van der Waals surface area contributed by atoms with E-state index in [4.69, 9.17) is 0 Å². The Balaban J connectivity index is 1.90. The molecule has 19 heavy (non-hydrogen) atoms. The first-order valence-electron chi connectivity index (χ1n) is 6.55. The van der Waals surface area contributed by atoms with Crippen LogP contribution in [0.1, 0.15) is 30.1 Å². The summed E-state index contributed by atoms with van der Waals surface area (Å²) >= 11 is 3.21. The van der Waals surface area contributed by atoms with Gasteiger partial charge in [-0.3, -0.25) is 9.69 Å². The molecule has 0 aliphatic carbocycles. The van der Waals surface area contributed by atoms with Gasteiger partial charge in [-0.2, -0.15) is 0 Å². The van der Waals surface area contributed by atoms with Gasteiger partial charge in [-0.1, -0.05) is 0 Å². The van der Waals surface area contributed by atoms with E-state index in [9.17, 15) is 9.18 Å². The van der Waals surface area contributed by atoms with E-state index in [1.54, 1.807) is 0 Å². The van der Waals surface area contributed by atoms with Crippen LogP contribution in [0.25, 0.3) is 0 Å². The summed E-state index contributed by atoms with van der Waals surface area (Å²) < 4.78 is 13.4. The van der Waals surface area contributed by atoms with Crippen molar-refractivity contribution < 1.29 is 9.18 Å². The van der Waals surface area contributed by atoms with Crippen molar-refractivity contribution in [2.24, 2.45) is 0 Å². The lowest BCUT2D eigenvalue weighted by Gasteiger charge is -2.23. The third-order valence-corrected chi connectivity index (χ3v) is 4.15. The van der Waals surface area contributed by atoms with Crippen LogP contribution >= 0.6 is 15.9 Å². The maximum atomic E-state index is 13.0. The maximum absolute atomic E-state index is 13.0. The van der Waals surface area contributed by atoms with Gasteiger partial charge in [0.15, 0.2) is 0 Å². The molecule has 1 N–H and O–H groups in total. The summed E-state index contributed by atoms with van der Waals surface area (Å²) in [5, 5.41) is 2.90. The number of carbonyl (C=O) groups is 1. The van der Waals surface area contributed by atoms with Gasteiger partial charge in [0.05, 0.1) is 5.56 Å². The Hall–Kier alpha value is -0.940. The van der Waals surface area contributed by atoms with Gasteiger partial charge in [-0.05, 0) is 67.0 Å². The zero-order valence-electron chi connectivity index (χ0n) is 11.0. The molecule has 3 nitrogen and oxygen atoms in total. The topological polar surface area (TPSA) is 32.3 Å². The van der Waals surface area contributed by atoms with Gasteiger partial charge in [0, 0.05) is 17.1 Å². The average Bonchev–Trinajstić information content (AvgIpc) is 2.89. The van der Waals surface area contributed by atoms with Crippen LogP contribution in [0.3, 0.4) is 0 Å². The number of nitrogens with one attached hydrogen (secondary N) is 1. The summed E-state index contributed by atoms with van der Waals surface area (Å²) in [5.41, 5.74) is 0.468. The van der Waals surface area contributed by atoms with Crippen LogP contribution in [-0.4, -0.2) is 36.5 Å². The highest BCUT2D eigenvalue weighted by molar-refractivity contribution is 9.10. The molecule has 1 aliphatic heterocycles. The largest absolute Gasteiger partial charge is 0.350 e. The number of benzene rings is 1. The van der Waals surface area contributed by atoms with E-state index in [1.807, 2.05) is 0 Å². The number of halogens is 2. The molecule has 0 aromatic heterocycles.